The molecule has 3 nitrogen and oxygen atoms in total. The van der Waals surface area contributed by atoms with Crippen LogP contribution in [0.3, 0.4) is 0 Å². The van der Waals surface area contributed by atoms with E-state index in [9.17, 15) is 4.79 Å². The number of carbonyl (C=O) groups is 1. The Kier molecular flexibility index (Phi) is 3.51. The molecule has 2 rings (SSSR count). The van der Waals surface area contributed by atoms with Crippen molar-refractivity contribution in [3.63, 3.8) is 0 Å². The zero-order chi connectivity index (χ0) is 11.5. The van der Waals surface area contributed by atoms with Crippen LogP contribution < -0.4 is 0 Å². The summed E-state index contributed by atoms with van der Waals surface area (Å²) in [5.41, 5.74) is 1.39. The fourth-order valence-corrected chi connectivity index (χ4v) is 3.41. The van der Waals surface area contributed by atoms with Crippen LogP contribution in [0.25, 0.3) is 0 Å². The first-order valence-electron chi connectivity index (χ1n) is 5.30. The monoisotopic (exact) mass is 237 g/mol. The Morgan fingerprint density at radius 3 is 3.00 bits per heavy atom. The summed E-state index contributed by atoms with van der Waals surface area (Å²) in [6, 6.07) is 8.40. The van der Waals surface area contributed by atoms with Crippen molar-refractivity contribution in [1.82, 2.24) is 4.90 Å². The maximum Gasteiger partial charge on any atom is 0.317 e. The molecule has 0 fully saturated rings. The lowest BCUT2D eigenvalue weighted by Crippen LogP contribution is -2.31. The average Bonchev–Trinajstić information content (AvgIpc) is 2.57. The first-order chi connectivity index (χ1) is 7.65. The zero-order valence-electron chi connectivity index (χ0n) is 9.22. The van der Waals surface area contributed by atoms with Crippen LogP contribution in [0, 0.1) is 0 Å². The van der Waals surface area contributed by atoms with Crippen LogP contribution in [0.15, 0.2) is 29.2 Å². The van der Waals surface area contributed by atoms with Gasteiger partial charge < -0.3 is 5.11 Å². The summed E-state index contributed by atoms with van der Waals surface area (Å²) in [4.78, 5) is 13.8. The Morgan fingerprint density at radius 2 is 2.31 bits per heavy atom. The Bertz CT molecular complexity index is 369. The van der Waals surface area contributed by atoms with Crippen molar-refractivity contribution in [2.45, 2.75) is 16.6 Å². The second-order valence-corrected chi connectivity index (χ2v) is 5.48. The van der Waals surface area contributed by atoms with Gasteiger partial charge in [0.05, 0.1) is 6.54 Å². The molecule has 1 aliphatic heterocycles. The van der Waals surface area contributed by atoms with Gasteiger partial charge in [-0.2, -0.15) is 0 Å². The number of hydrogen-bond acceptors (Lipinski definition) is 3. The topological polar surface area (TPSA) is 40.5 Å². The number of nitrogens with zero attached hydrogens (tertiary/aromatic N) is 1. The largest absolute Gasteiger partial charge is 0.480 e. The highest BCUT2D eigenvalue weighted by Crippen LogP contribution is 2.36. The standard InChI is InChI=1S/C12H15NO2S/c1-13(8-12(14)15)7-10-6-9-4-2-3-5-11(9)16-10/h2-5,10H,6-8H2,1H3,(H,14,15). The van der Waals surface area contributed by atoms with Crippen LogP contribution in [-0.4, -0.2) is 41.4 Å². The van der Waals surface area contributed by atoms with E-state index in [1.165, 1.54) is 10.5 Å². The van der Waals surface area contributed by atoms with Gasteiger partial charge in [0.15, 0.2) is 0 Å². The Hall–Kier alpha value is -1.00. The Balaban J connectivity index is 1.89. The molecular formula is C12H15NO2S. The fraction of sp³-hybridized carbons (Fsp3) is 0.417. The normalized spacial score (nSPS) is 18.8. The molecule has 1 N–H and O–H groups in total. The summed E-state index contributed by atoms with van der Waals surface area (Å²) in [7, 11) is 1.86. The molecule has 86 valence electrons. The van der Waals surface area contributed by atoms with Gasteiger partial charge in [-0.25, -0.2) is 0 Å². The van der Waals surface area contributed by atoms with Crippen molar-refractivity contribution < 1.29 is 9.90 Å². The first kappa shape index (κ1) is 11.5. The van der Waals surface area contributed by atoms with Crippen LogP contribution in [0.5, 0.6) is 0 Å². The van der Waals surface area contributed by atoms with E-state index < -0.39 is 5.97 Å². The summed E-state index contributed by atoms with van der Waals surface area (Å²) in [6.07, 6.45) is 1.05. The van der Waals surface area contributed by atoms with Crippen molar-refractivity contribution in [3.8, 4) is 0 Å². The Labute approximate surface area is 99.5 Å². The highest BCUT2D eigenvalue weighted by molar-refractivity contribution is 8.00. The molecule has 1 unspecified atom stereocenters. The third kappa shape index (κ3) is 2.77. The number of benzene rings is 1. The minimum absolute atomic E-state index is 0.118. The van der Waals surface area contributed by atoms with Gasteiger partial charge in [0.1, 0.15) is 0 Å². The fourth-order valence-electron chi connectivity index (χ4n) is 2.00. The smallest absolute Gasteiger partial charge is 0.317 e. The second-order valence-electron chi connectivity index (χ2n) is 4.14. The summed E-state index contributed by atoms with van der Waals surface area (Å²) in [5.74, 6) is -0.761. The van der Waals surface area contributed by atoms with Gasteiger partial charge in [-0.3, -0.25) is 9.69 Å². The van der Waals surface area contributed by atoms with E-state index in [1.807, 2.05) is 23.7 Å². The van der Waals surface area contributed by atoms with E-state index in [4.69, 9.17) is 5.11 Å². The van der Waals surface area contributed by atoms with Gasteiger partial charge in [-0.15, -0.1) is 11.8 Å². The van der Waals surface area contributed by atoms with Crippen LogP contribution >= 0.6 is 11.8 Å². The number of carboxylic acids is 1. The van der Waals surface area contributed by atoms with Crippen molar-refractivity contribution in [2.75, 3.05) is 20.1 Å². The SMILES string of the molecule is CN(CC(=O)O)CC1Cc2ccccc2S1. The molecule has 0 saturated heterocycles. The van der Waals surface area contributed by atoms with E-state index in [2.05, 4.69) is 24.3 Å². The van der Waals surface area contributed by atoms with Crippen molar-refractivity contribution >= 4 is 17.7 Å². The van der Waals surface area contributed by atoms with Crippen LogP contribution in [0.2, 0.25) is 0 Å². The Morgan fingerprint density at radius 1 is 1.56 bits per heavy atom. The van der Waals surface area contributed by atoms with Gasteiger partial charge in [0.25, 0.3) is 0 Å². The van der Waals surface area contributed by atoms with Gasteiger partial charge >= 0.3 is 5.97 Å². The number of aliphatic carboxylic acids is 1. The van der Waals surface area contributed by atoms with E-state index in [1.54, 1.807) is 0 Å². The molecule has 0 aliphatic carbocycles. The highest BCUT2D eigenvalue weighted by atomic mass is 32.2. The molecule has 1 heterocycles. The summed E-state index contributed by atoms with van der Waals surface area (Å²) in [5, 5.41) is 9.17. The molecule has 1 aliphatic rings. The molecular weight excluding hydrogens is 222 g/mol. The van der Waals surface area contributed by atoms with Crippen molar-refractivity contribution in [1.29, 1.82) is 0 Å². The zero-order valence-corrected chi connectivity index (χ0v) is 10.0. The molecule has 0 bridgehead atoms. The molecule has 0 saturated carbocycles. The third-order valence-electron chi connectivity index (χ3n) is 2.63. The molecule has 1 aromatic rings. The minimum Gasteiger partial charge on any atom is -0.480 e. The lowest BCUT2D eigenvalue weighted by Gasteiger charge is -2.17. The van der Waals surface area contributed by atoms with Crippen LogP contribution in [0.1, 0.15) is 5.56 Å². The number of thioether (sulfide) groups is 1. The maximum atomic E-state index is 10.6. The van der Waals surface area contributed by atoms with E-state index in [0.717, 1.165) is 13.0 Å². The average molecular weight is 237 g/mol. The number of hydrogen-bond donors (Lipinski definition) is 1. The molecule has 16 heavy (non-hydrogen) atoms. The van der Waals surface area contributed by atoms with Crippen molar-refractivity contribution in [3.05, 3.63) is 29.8 Å². The molecule has 1 aromatic carbocycles. The predicted molar refractivity (Wildman–Crippen MR) is 64.9 cm³/mol. The van der Waals surface area contributed by atoms with Gasteiger partial charge in [-0.1, -0.05) is 18.2 Å². The van der Waals surface area contributed by atoms with E-state index in [-0.39, 0.29) is 6.54 Å². The van der Waals surface area contributed by atoms with Crippen LogP contribution in [0.4, 0.5) is 0 Å². The minimum atomic E-state index is -0.761. The molecule has 0 aromatic heterocycles. The molecule has 0 radical (unpaired) electrons. The van der Waals surface area contributed by atoms with Gasteiger partial charge in [0.2, 0.25) is 0 Å². The molecule has 1 atom stereocenters. The predicted octanol–water partition coefficient (Wildman–Crippen LogP) is 1.72. The maximum absolute atomic E-state index is 10.6. The molecule has 0 amide bonds. The quantitative estimate of drug-likeness (QED) is 0.865. The number of likely N-dealkylation sites (N-methyl/N-ethyl adjacent to an activating group) is 1. The number of rotatable bonds is 4. The number of fused-ring (bicyclic) bond motifs is 1. The van der Waals surface area contributed by atoms with Gasteiger partial charge in [-0.05, 0) is 25.1 Å². The summed E-state index contributed by atoms with van der Waals surface area (Å²) < 4.78 is 0. The third-order valence-corrected chi connectivity index (χ3v) is 3.94. The van der Waals surface area contributed by atoms with Crippen LogP contribution in [-0.2, 0) is 11.2 Å². The summed E-state index contributed by atoms with van der Waals surface area (Å²) >= 11 is 1.86. The molecule has 0 spiro atoms. The summed E-state index contributed by atoms with van der Waals surface area (Å²) in [6.45, 7) is 0.944. The lowest BCUT2D eigenvalue weighted by atomic mass is 10.1. The van der Waals surface area contributed by atoms with E-state index >= 15 is 0 Å². The van der Waals surface area contributed by atoms with Crippen molar-refractivity contribution in [2.24, 2.45) is 0 Å². The number of carboxylic acid groups (broad SMARTS) is 1. The van der Waals surface area contributed by atoms with E-state index in [0.29, 0.717) is 5.25 Å². The lowest BCUT2D eigenvalue weighted by molar-refractivity contribution is -0.137. The first-order valence-corrected chi connectivity index (χ1v) is 6.18. The molecule has 4 heteroatoms. The highest BCUT2D eigenvalue weighted by Gasteiger charge is 2.23. The van der Waals surface area contributed by atoms with Gasteiger partial charge in [0, 0.05) is 16.7 Å². The second kappa shape index (κ2) is 4.89.